The van der Waals surface area contributed by atoms with Crippen molar-refractivity contribution in [3.05, 3.63) is 0 Å². The minimum atomic E-state index is 0.940. The molecule has 0 nitrogen and oxygen atoms in total. The molecule has 80 valence electrons. The van der Waals surface area contributed by atoms with Crippen molar-refractivity contribution in [3.8, 4) is 0 Å². The second-order valence-corrected chi connectivity index (χ2v) is 4.51. The second-order valence-electron chi connectivity index (χ2n) is 4.51. The van der Waals surface area contributed by atoms with Gasteiger partial charge in [-0.1, -0.05) is 54.9 Å². The van der Waals surface area contributed by atoms with Gasteiger partial charge in [-0.05, 0) is 29.6 Å². The van der Waals surface area contributed by atoms with Gasteiger partial charge in [0.25, 0.3) is 0 Å². The van der Waals surface area contributed by atoms with Crippen LogP contribution in [-0.4, -0.2) is 0 Å². The van der Waals surface area contributed by atoms with Crippen molar-refractivity contribution in [1.29, 1.82) is 0 Å². The van der Waals surface area contributed by atoms with Crippen LogP contribution in [-0.2, 0) is 0 Å². The third-order valence-corrected chi connectivity index (χ3v) is 4.31. The van der Waals surface area contributed by atoms with Crippen molar-refractivity contribution in [2.75, 3.05) is 0 Å². The smallest absolute Gasteiger partial charge is 0.0360 e. The zero-order valence-electron chi connectivity index (χ0n) is 10.6. The largest absolute Gasteiger partial charge is 0.0683 e. The summed E-state index contributed by atoms with van der Waals surface area (Å²) >= 11 is 0. The molecule has 1 aliphatic carbocycles. The summed E-state index contributed by atoms with van der Waals surface area (Å²) in [5, 5.41) is 0. The normalized spacial score (nSPS) is 44.1. The predicted molar refractivity (Wildman–Crippen MR) is 61.8 cm³/mol. The average Bonchev–Trinajstić information content (AvgIpc) is 2.35. The minimum Gasteiger partial charge on any atom is -0.0683 e. The Morgan fingerprint density at radius 2 is 1.00 bits per heavy atom. The third-order valence-electron chi connectivity index (χ3n) is 4.31. The van der Waals surface area contributed by atoms with Crippen LogP contribution in [0.1, 0.15) is 54.9 Å². The molecule has 4 unspecified atom stereocenters. The maximum Gasteiger partial charge on any atom is -0.0360 e. The summed E-state index contributed by atoms with van der Waals surface area (Å²) in [6, 6.07) is 0. The summed E-state index contributed by atoms with van der Waals surface area (Å²) in [7, 11) is 0. The molecule has 13 heavy (non-hydrogen) atoms. The predicted octanol–water partition coefficient (Wildman–Crippen LogP) is 4.60. The average molecular weight is 184 g/mol. The maximum absolute atomic E-state index is 2.43. The molecule has 0 aliphatic heterocycles. The molecule has 1 fully saturated rings. The zero-order chi connectivity index (χ0) is 10.6. The minimum absolute atomic E-state index is 0.940. The van der Waals surface area contributed by atoms with Gasteiger partial charge in [0.15, 0.2) is 0 Å². The Labute approximate surface area is 85.1 Å². The van der Waals surface area contributed by atoms with E-state index in [2.05, 4.69) is 34.6 Å². The van der Waals surface area contributed by atoms with Gasteiger partial charge >= 0.3 is 0 Å². The van der Waals surface area contributed by atoms with E-state index in [-0.39, 0.29) is 0 Å². The van der Waals surface area contributed by atoms with Gasteiger partial charge in [-0.25, -0.2) is 0 Å². The molecular formula is C13H28. The zero-order valence-corrected chi connectivity index (χ0v) is 10.6. The Morgan fingerprint density at radius 1 is 0.692 bits per heavy atom. The molecule has 0 saturated heterocycles. The second kappa shape index (κ2) is 5.67. The van der Waals surface area contributed by atoms with E-state index in [1.807, 2.05) is 13.8 Å². The van der Waals surface area contributed by atoms with Crippen LogP contribution in [0.4, 0.5) is 0 Å². The van der Waals surface area contributed by atoms with E-state index in [0.717, 1.165) is 29.6 Å². The number of rotatable bonds is 1. The highest BCUT2D eigenvalue weighted by atomic mass is 14.4. The van der Waals surface area contributed by atoms with Crippen LogP contribution >= 0.6 is 0 Å². The quantitative estimate of drug-likeness (QED) is 0.559. The lowest BCUT2D eigenvalue weighted by molar-refractivity contribution is 0.311. The summed E-state index contributed by atoms with van der Waals surface area (Å²) in [6.45, 7) is 16.0. The van der Waals surface area contributed by atoms with Gasteiger partial charge < -0.3 is 0 Å². The van der Waals surface area contributed by atoms with Gasteiger partial charge in [0.2, 0.25) is 0 Å². The SMILES string of the molecule is CC.CCC1C(C)C(C)C(C)C1C. The fourth-order valence-corrected chi connectivity index (χ4v) is 2.96. The van der Waals surface area contributed by atoms with Crippen LogP contribution in [0.25, 0.3) is 0 Å². The molecule has 0 amide bonds. The molecule has 0 spiro atoms. The topological polar surface area (TPSA) is 0 Å². The molecule has 4 atom stereocenters. The van der Waals surface area contributed by atoms with Crippen LogP contribution in [0.15, 0.2) is 0 Å². The molecule has 0 aromatic heterocycles. The van der Waals surface area contributed by atoms with Crippen molar-refractivity contribution >= 4 is 0 Å². The molecule has 0 heteroatoms. The van der Waals surface area contributed by atoms with Crippen molar-refractivity contribution in [1.82, 2.24) is 0 Å². The highest BCUT2D eigenvalue weighted by molar-refractivity contribution is 4.88. The lowest BCUT2D eigenvalue weighted by Gasteiger charge is -2.18. The van der Waals surface area contributed by atoms with E-state index in [1.165, 1.54) is 6.42 Å². The molecule has 1 saturated carbocycles. The summed E-state index contributed by atoms with van der Waals surface area (Å²) in [6.07, 6.45) is 1.37. The lowest BCUT2D eigenvalue weighted by Crippen LogP contribution is -2.11. The summed E-state index contributed by atoms with van der Waals surface area (Å²) in [4.78, 5) is 0. The standard InChI is InChI=1S/C11H22.C2H6/c1-6-11-9(4)7(2)8(3)10(11)5;1-2/h7-11H,6H2,1-5H3;1-2H3. The third kappa shape index (κ3) is 2.48. The Kier molecular flexibility index (Phi) is 5.67. The number of hydrogen-bond acceptors (Lipinski definition) is 0. The van der Waals surface area contributed by atoms with Crippen LogP contribution in [0.3, 0.4) is 0 Å². The number of hydrogen-bond donors (Lipinski definition) is 0. The van der Waals surface area contributed by atoms with Crippen LogP contribution in [0, 0.1) is 29.6 Å². The molecular weight excluding hydrogens is 156 g/mol. The van der Waals surface area contributed by atoms with Crippen LogP contribution in [0.2, 0.25) is 0 Å². The Balaban J connectivity index is 0.000000671. The first-order chi connectivity index (χ1) is 6.09. The first kappa shape index (κ1) is 13.0. The molecule has 1 rings (SSSR count). The van der Waals surface area contributed by atoms with E-state index in [1.54, 1.807) is 0 Å². The summed E-state index contributed by atoms with van der Waals surface area (Å²) in [5.41, 5.74) is 0. The van der Waals surface area contributed by atoms with Gasteiger partial charge in [0.05, 0.1) is 0 Å². The van der Waals surface area contributed by atoms with Gasteiger partial charge in [-0.15, -0.1) is 0 Å². The molecule has 1 aliphatic rings. The fourth-order valence-electron chi connectivity index (χ4n) is 2.96. The van der Waals surface area contributed by atoms with Gasteiger partial charge in [0, 0.05) is 0 Å². The monoisotopic (exact) mass is 184 g/mol. The van der Waals surface area contributed by atoms with E-state index in [4.69, 9.17) is 0 Å². The molecule has 0 bridgehead atoms. The van der Waals surface area contributed by atoms with Gasteiger partial charge in [0.1, 0.15) is 0 Å². The van der Waals surface area contributed by atoms with Gasteiger partial charge in [-0.3, -0.25) is 0 Å². The van der Waals surface area contributed by atoms with E-state index < -0.39 is 0 Å². The lowest BCUT2D eigenvalue weighted by atomic mass is 9.87. The van der Waals surface area contributed by atoms with Crippen LogP contribution < -0.4 is 0 Å². The van der Waals surface area contributed by atoms with Crippen molar-refractivity contribution in [2.45, 2.75) is 54.9 Å². The van der Waals surface area contributed by atoms with E-state index >= 15 is 0 Å². The first-order valence-corrected chi connectivity index (χ1v) is 6.09. The summed E-state index contributed by atoms with van der Waals surface area (Å²) in [5.74, 6) is 4.76. The first-order valence-electron chi connectivity index (χ1n) is 6.09. The molecule has 0 radical (unpaired) electrons. The highest BCUT2D eigenvalue weighted by Crippen LogP contribution is 2.46. The maximum atomic E-state index is 2.43. The van der Waals surface area contributed by atoms with Crippen molar-refractivity contribution in [2.24, 2.45) is 29.6 Å². The highest BCUT2D eigenvalue weighted by Gasteiger charge is 2.39. The van der Waals surface area contributed by atoms with Crippen molar-refractivity contribution < 1.29 is 0 Å². The fraction of sp³-hybridized carbons (Fsp3) is 1.00. The van der Waals surface area contributed by atoms with E-state index in [9.17, 15) is 0 Å². The Bertz CT molecular complexity index is 114. The van der Waals surface area contributed by atoms with E-state index in [0.29, 0.717) is 0 Å². The summed E-state index contributed by atoms with van der Waals surface area (Å²) < 4.78 is 0. The van der Waals surface area contributed by atoms with Crippen molar-refractivity contribution in [3.63, 3.8) is 0 Å². The molecule has 0 aromatic carbocycles. The Hall–Kier alpha value is 0. The van der Waals surface area contributed by atoms with Crippen LogP contribution in [0.5, 0.6) is 0 Å². The Morgan fingerprint density at radius 3 is 1.15 bits per heavy atom. The molecule has 0 heterocycles. The molecule has 0 aromatic rings. The molecule has 0 N–H and O–H groups in total. The van der Waals surface area contributed by atoms with Gasteiger partial charge in [-0.2, -0.15) is 0 Å².